The summed E-state index contributed by atoms with van der Waals surface area (Å²) in [6.07, 6.45) is 0.949. The minimum absolute atomic E-state index is 0. The molecule has 0 spiro atoms. The molecule has 0 aliphatic carbocycles. The minimum atomic E-state index is 0. The van der Waals surface area contributed by atoms with E-state index in [1.807, 2.05) is 36.7 Å². The molecule has 0 aliphatic heterocycles. The molecule has 0 saturated carbocycles. The van der Waals surface area contributed by atoms with Gasteiger partial charge in [0.2, 0.25) is 0 Å². The van der Waals surface area contributed by atoms with Crippen LogP contribution in [0.25, 0.3) is 10.1 Å². The molecule has 0 fully saturated rings. The van der Waals surface area contributed by atoms with E-state index >= 15 is 0 Å². The van der Waals surface area contributed by atoms with Crippen LogP contribution < -0.4 is 10.6 Å². The van der Waals surface area contributed by atoms with Crippen LogP contribution in [0.5, 0.6) is 0 Å². The van der Waals surface area contributed by atoms with E-state index in [0.29, 0.717) is 6.54 Å². The Bertz CT molecular complexity index is 512. The molecule has 3 nitrogen and oxygen atoms in total. The molecule has 1 amide bonds. The van der Waals surface area contributed by atoms with Crippen molar-refractivity contribution in [1.29, 1.82) is 0 Å². The van der Waals surface area contributed by atoms with Crippen molar-refractivity contribution in [1.82, 2.24) is 10.6 Å². The number of rotatable bonds is 5. The summed E-state index contributed by atoms with van der Waals surface area (Å²) in [5, 5.41) is 8.97. The highest BCUT2D eigenvalue weighted by molar-refractivity contribution is 7.17. The Morgan fingerprint density at radius 1 is 1.28 bits per heavy atom. The molecule has 1 heterocycles. The lowest BCUT2D eigenvalue weighted by molar-refractivity contribution is 0.0955. The van der Waals surface area contributed by atoms with Crippen LogP contribution in [-0.2, 0) is 0 Å². The van der Waals surface area contributed by atoms with Crippen molar-refractivity contribution in [3.05, 3.63) is 35.2 Å². The van der Waals surface area contributed by atoms with E-state index in [1.165, 1.54) is 0 Å². The fourth-order valence-electron chi connectivity index (χ4n) is 1.72. The van der Waals surface area contributed by atoms with E-state index in [9.17, 15) is 4.79 Å². The van der Waals surface area contributed by atoms with Crippen molar-refractivity contribution < 1.29 is 4.79 Å². The van der Waals surface area contributed by atoms with Crippen LogP contribution in [0, 0.1) is 0 Å². The Kier molecular flexibility index (Phi) is 6.12. The van der Waals surface area contributed by atoms with E-state index in [2.05, 4.69) is 10.6 Å². The fraction of sp³-hybridized carbons (Fsp3) is 0.308. The third-order valence-corrected chi connectivity index (χ3v) is 3.58. The first-order valence-corrected chi connectivity index (χ1v) is 6.60. The minimum Gasteiger partial charge on any atom is -0.352 e. The molecular weight excluding hydrogens is 268 g/mol. The SMILES string of the molecule is CNCCCNC(=O)c1csc2ccccc12.Cl. The van der Waals surface area contributed by atoms with Gasteiger partial charge in [0.25, 0.3) is 5.91 Å². The first-order valence-electron chi connectivity index (χ1n) is 5.72. The lowest BCUT2D eigenvalue weighted by Gasteiger charge is -2.03. The molecule has 0 saturated heterocycles. The monoisotopic (exact) mass is 284 g/mol. The lowest BCUT2D eigenvalue weighted by Crippen LogP contribution is -2.26. The molecule has 0 bridgehead atoms. The van der Waals surface area contributed by atoms with E-state index in [1.54, 1.807) is 11.3 Å². The lowest BCUT2D eigenvalue weighted by atomic mass is 10.1. The van der Waals surface area contributed by atoms with Gasteiger partial charge in [0.1, 0.15) is 0 Å². The van der Waals surface area contributed by atoms with Gasteiger partial charge in [-0.15, -0.1) is 23.7 Å². The van der Waals surface area contributed by atoms with Crippen LogP contribution in [0.3, 0.4) is 0 Å². The zero-order chi connectivity index (χ0) is 12.1. The van der Waals surface area contributed by atoms with Gasteiger partial charge in [-0.25, -0.2) is 0 Å². The van der Waals surface area contributed by atoms with Gasteiger partial charge in [0.05, 0.1) is 5.56 Å². The molecule has 5 heteroatoms. The van der Waals surface area contributed by atoms with Gasteiger partial charge in [-0.1, -0.05) is 18.2 Å². The number of amides is 1. The second-order valence-corrected chi connectivity index (χ2v) is 4.77. The van der Waals surface area contributed by atoms with Gasteiger partial charge in [-0.2, -0.15) is 0 Å². The molecule has 0 atom stereocenters. The second-order valence-electron chi connectivity index (χ2n) is 3.86. The maximum absolute atomic E-state index is 12.0. The third kappa shape index (κ3) is 3.45. The zero-order valence-corrected chi connectivity index (χ0v) is 11.9. The molecule has 1 aromatic heterocycles. The van der Waals surface area contributed by atoms with Gasteiger partial charge in [-0.3, -0.25) is 4.79 Å². The van der Waals surface area contributed by atoms with Crippen molar-refractivity contribution in [3.63, 3.8) is 0 Å². The number of carbonyl (C=O) groups excluding carboxylic acids is 1. The first kappa shape index (κ1) is 15.0. The normalized spacial score (nSPS) is 10.1. The van der Waals surface area contributed by atoms with Crippen molar-refractivity contribution in [2.75, 3.05) is 20.1 Å². The third-order valence-electron chi connectivity index (χ3n) is 2.61. The number of thiophene rings is 1. The number of fused-ring (bicyclic) bond motifs is 1. The summed E-state index contributed by atoms with van der Waals surface area (Å²) in [6.45, 7) is 1.63. The number of benzene rings is 1. The maximum Gasteiger partial charge on any atom is 0.252 e. The maximum atomic E-state index is 12.0. The number of carbonyl (C=O) groups is 1. The first-order chi connectivity index (χ1) is 8.33. The van der Waals surface area contributed by atoms with Crippen molar-refractivity contribution >= 4 is 39.7 Å². The van der Waals surface area contributed by atoms with E-state index in [4.69, 9.17) is 0 Å². The Morgan fingerprint density at radius 2 is 2.06 bits per heavy atom. The van der Waals surface area contributed by atoms with E-state index in [-0.39, 0.29) is 18.3 Å². The second kappa shape index (κ2) is 7.36. The summed E-state index contributed by atoms with van der Waals surface area (Å²) >= 11 is 1.61. The average Bonchev–Trinajstić information content (AvgIpc) is 2.78. The zero-order valence-electron chi connectivity index (χ0n) is 10.2. The fourth-order valence-corrected chi connectivity index (χ4v) is 2.66. The van der Waals surface area contributed by atoms with Crippen molar-refractivity contribution in [2.45, 2.75) is 6.42 Å². The van der Waals surface area contributed by atoms with Gasteiger partial charge >= 0.3 is 0 Å². The van der Waals surface area contributed by atoms with Crippen LogP contribution >= 0.6 is 23.7 Å². The topological polar surface area (TPSA) is 41.1 Å². The Hall–Kier alpha value is -1.10. The summed E-state index contributed by atoms with van der Waals surface area (Å²) in [5.74, 6) is 0.0264. The molecule has 18 heavy (non-hydrogen) atoms. The predicted octanol–water partition coefficient (Wildman–Crippen LogP) is 2.66. The predicted molar refractivity (Wildman–Crippen MR) is 79.9 cm³/mol. The standard InChI is InChI=1S/C13H16N2OS.ClH/c1-14-7-4-8-15-13(16)11-9-17-12-6-3-2-5-10(11)12;/h2-3,5-6,9,14H,4,7-8H2,1H3,(H,15,16);1H. The molecule has 0 aliphatic rings. The van der Waals surface area contributed by atoms with Crippen LogP contribution in [0.2, 0.25) is 0 Å². The van der Waals surface area contributed by atoms with Crippen LogP contribution in [0.15, 0.2) is 29.6 Å². The van der Waals surface area contributed by atoms with Crippen LogP contribution in [-0.4, -0.2) is 26.0 Å². The molecule has 0 radical (unpaired) electrons. The molecular formula is C13H17ClN2OS. The van der Waals surface area contributed by atoms with E-state index in [0.717, 1.165) is 28.6 Å². The van der Waals surface area contributed by atoms with Crippen molar-refractivity contribution in [2.24, 2.45) is 0 Å². The van der Waals surface area contributed by atoms with Crippen molar-refractivity contribution in [3.8, 4) is 0 Å². The molecule has 98 valence electrons. The average molecular weight is 285 g/mol. The molecule has 2 rings (SSSR count). The quantitative estimate of drug-likeness (QED) is 0.829. The summed E-state index contributed by atoms with van der Waals surface area (Å²) in [4.78, 5) is 12.0. The number of nitrogens with one attached hydrogen (secondary N) is 2. The Morgan fingerprint density at radius 3 is 2.83 bits per heavy atom. The van der Waals surface area contributed by atoms with E-state index < -0.39 is 0 Å². The highest BCUT2D eigenvalue weighted by Gasteiger charge is 2.10. The molecule has 2 N–H and O–H groups in total. The smallest absolute Gasteiger partial charge is 0.252 e. The number of hydrogen-bond donors (Lipinski definition) is 2. The Labute approximate surface area is 117 Å². The van der Waals surface area contributed by atoms with Gasteiger partial charge in [-0.05, 0) is 26.1 Å². The molecule has 2 aromatic rings. The van der Waals surface area contributed by atoms with Gasteiger partial charge < -0.3 is 10.6 Å². The Balaban J connectivity index is 0.00000162. The van der Waals surface area contributed by atoms with Crippen LogP contribution in [0.1, 0.15) is 16.8 Å². The van der Waals surface area contributed by atoms with Crippen LogP contribution in [0.4, 0.5) is 0 Å². The largest absolute Gasteiger partial charge is 0.352 e. The van der Waals surface area contributed by atoms with Gasteiger partial charge in [0, 0.05) is 22.0 Å². The summed E-state index contributed by atoms with van der Waals surface area (Å²) in [5.41, 5.74) is 0.787. The highest BCUT2D eigenvalue weighted by atomic mass is 35.5. The number of halogens is 1. The summed E-state index contributed by atoms with van der Waals surface area (Å²) < 4.78 is 1.16. The number of hydrogen-bond acceptors (Lipinski definition) is 3. The molecule has 1 aromatic carbocycles. The highest BCUT2D eigenvalue weighted by Crippen LogP contribution is 2.25. The van der Waals surface area contributed by atoms with Gasteiger partial charge in [0.15, 0.2) is 0 Å². The molecule has 0 unspecified atom stereocenters. The summed E-state index contributed by atoms with van der Waals surface area (Å²) in [7, 11) is 1.91. The summed E-state index contributed by atoms with van der Waals surface area (Å²) in [6, 6.07) is 7.99.